The van der Waals surface area contributed by atoms with Gasteiger partial charge in [-0.2, -0.15) is 4.98 Å². The van der Waals surface area contributed by atoms with E-state index in [0.717, 1.165) is 12.4 Å². The number of rotatable bonds is 5. The van der Waals surface area contributed by atoms with Crippen LogP contribution in [0, 0.1) is 5.82 Å². The first-order valence-corrected chi connectivity index (χ1v) is 9.49. The molecule has 1 aliphatic heterocycles. The summed E-state index contributed by atoms with van der Waals surface area (Å²) in [6.45, 7) is 2.18. The van der Waals surface area contributed by atoms with Gasteiger partial charge in [-0.3, -0.25) is 0 Å². The number of anilines is 2. The molecule has 0 bridgehead atoms. The lowest BCUT2D eigenvalue weighted by Crippen LogP contribution is -2.40. The Morgan fingerprint density at radius 1 is 1.14 bits per heavy atom. The van der Waals surface area contributed by atoms with Crippen LogP contribution in [-0.2, 0) is 11.3 Å². The van der Waals surface area contributed by atoms with Crippen LogP contribution in [0.1, 0.15) is 17.2 Å². The lowest BCUT2D eigenvalue weighted by molar-refractivity contribution is 0.0937. The highest BCUT2D eigenvalue weighted by Crippen LogP contribution is 2.29. The van der Waals surface area contributed by atoms with Crippen LogP contribution >= 0.6 is 11.6 Å². The number of ether oxygens (including phenoxy) is 1. The average molecular weight is 399 g/mol. The van der Waals surface area contributed by atoms with Crippen molar-refractivity contribution in [3.05, 3.63) is 82.8 Å². The molecule has 7 heteroatoms. The molecule has 4 rings (SSSR count). The molecule has 0 aliphatic carbocycles. The molecule has 28 heavy (non-hydrogen) atoms. The van der Waals surface area contributed by atoms with Gasteiger partial charge in [-0.05, 0) is 23.8 Å². The van der Waals surface area contributed by atoms with E-state index in [2.05, 4.69) is 32.3 Å². The minimum Gasteiger partial charge on any atom is -0.377 e. The summed E-state index contributed by atoms with van der Waals surface area (Å²) < 4.78 is 19.7. The largest absolute Gasteiger partial charge is 0.377 e. The highest BCUT2D eigenvalue weighted by atomic mass is 35.5. The van der Waals surface area contributed by atoms with Gasteiger partial charge in [-0.1, -0.05) is 48.0 Å². The summed E-state index contributed by atoms with van der Waals surface area (Å²) in [5, 5.41) is 3.45. The maximum Gasteiger partial charge on any atom is 0.224 e. The van der Waals surface area contributed by atoms with E-state index in [0.29, 0.717) is 29.7 Å². The number of aromatic nitrogens is 2. The number of halogens is 2. The van der Waals surface area contributed by atoms with Gasteiger partial charge in [0.1, 0.15) is 11.6 Å². The fourth-order valence-corrected chi connectivity index (χ4v) is 3.52. The summed E-state index contributed by atoms with van der Waals surface area (Å²) in [5.41, 5.74) is 1.57. The van der Waals surface area contributed by atoms with Crippen molar-refractivity contribution >= 4 is 23.4 Å². The van der Waals surface area contributed by atoms with Gasteiger partial charge in [0.25, 0.3) is 0 Å². The smallest absolute Gasteiger partial charge is 0.224 e. The lowest BCUT2D eigenvalue weighted by Gasteiger charge is -2.36. The van der Waals surface area contributed by atoms with Crippen LogP contribution in [0.5, 0.6) is 0 Å². The van der Waals surface area contributed by atoms with Crippen LogP contribution < -0.4 is 10.2 Å². The Bertz CT molecular complexity index is 920. The van der Waals surface area contributed by atoms with Gasteiger partial charge in [0.15, 0.2) is 0 Å². The second-order valence-corrected chi connectivity index (χ2v) is 6.89. The molecule has 1 N–H and O–H groups in total. The van der Waals surface area contributed by atoms with Crippen molar-refractivity contribution in [1.29, 1.82) is 0 Å². The Morgan fingerprint density at radius 2 is 2.00 bits per heavy atom. The Kier molecular flexibility index (Phi) is 5.69. The fourth-order valence-electron chi connectivity index (χ4n) is 3.29. The van der Waals surface area contributed by atoms with Crippen molar-refractivity contribution in [2.75, 3.05) is 30.0 Å². The molecule has 1 atom stereocenters. The quantitative estimate of drug-likeness (QED) is 0.687. The van der Waals surface area contributed by atoms with Crippen molar-refractivity contribution < 1.29 is 9.13 Å². The zero-order valence-electron chi connectivity index (χ0n) is 15.2. The van der Waals surface area contributed by atoms with E-state index in [1.807, 2.05) is 24.3 Å². The topological polar surface area (TPSA) is 50.3 Å². The predicted octanol–water partition coefficient (Wildman–Crippen LogP) is 4.46. The summed E-state index contributed by atoms with van der Waals surface area (Å²) in [5.74, 6) is 0.873. The summed E-state index contributed by atoms with van der Waals surface area (Å²) in [6.07, 6.45) is 1.70. The van der Waals surface area contributed by atoms with Gasteiger partial charge in [0.05, 0.1) is 19.3 Å². The molecule has 0 saturated carbocycles. The van der Waals surface area contributed by atoms with Crippen LogP contribution in [0.25, 0.3) is 0 Å². The van der Waals surface area contributed by atoms with Gasteiger partial charge in [0, 0.05) is 29.9 Å². The molecular formula is C21H20ClFN4O. The first-order valence-electron chi connectivity index (χ1n) is 9.11. The van der Waals surface area contributed by atoms with Gasteiger partial charge in [0.2, 0.25) is 5.95 Å². The normalized spacial score (nSPS) is 16.8. The number of hydrogen-bond acceptors (Lipinski definition) is 5. The molecule has 1 aromatic heterocycles. The second-order valence-electron chi connectivity index (χ2n) is 6.49. The van der Waals surface area contributed by atoms with Crippen LogP contribution in [-0.4, -0.2) is 29.7 Å². The Labute approximate surface area is 168 Å². The molecule has 144 valence electrons. The summed E-state index contributed by atoms with van der Waals surface area (Å²) in [7, 11) is 0. The number of nitrogens with one attached hydrogen (secondary N) is 1. The molecule has 5 nitrogen and oxygen atoms in total. The number of hydrogen-bond donors (Lipinski definition) is 1. The highest BCUT2D eigenvalue weighted by molar-refractivity contribution is 6.31. The molecule has 0 spiro atoms. The summed E-state index contributed by atoms with van der Waals surface area (Å²) >= 11 is 6.09. The molecule has 0 radical (unpaired) electrons. The van der Waals surface area contributed by atoms with Crippen molar-refractivity contribution in [2.24, 2.45) is 0 Å². The van der Waals surface area contributed by atoms with Crippen LogP contribution in [0.3, 0.4) is 0 Å². The van der Waals surface area contributed by atoms with Crippen molar-refractivity contribution in [3.8, 4) is 0 Å². The van der Waals surface area contributed by atoms with Crippen LogP contribution in [0.15, 0.2) is 60.8 Å². The molecule has 0 amide bonds. The number of benzene rings is 2. The third-order valence-corrected chi connectivity index (χ3v) is 5.09. The molecule has 1 saturated heterocycles. The predicted molar refractivity (Wildman–Crippen MR) is 108 cm³/mol. The van der Waals surface area contributed by atoms with Crippen LogP contribution in [0.4, 0.5) is 16.2 Å². The van der Waals surface area contributed by atoms with Gasteiger partial charge >= 0.3 is 0 Å². The van der Waals surface area contributed by atoms with E-state index in [4.69, 9.17) is 16.3 Å². The van der Waals surface area contributed by atoms with E-state index in [9.17, 15) is 4.39 Å². The highest BCUT2D eigenvalue weighted by Gasteiger charge is 2.26. The molecule has 2 aromatic carbocycles. The Balaban J connectivity index is 1.54. The molecule has 0 unspecified atom stereocenters. The molecule has 2 heterocycles. The standard InChI is InChI=1S/C21H20ClFN4O/c22-17-7-4-8-18(23)16(17)13-25-21-24-10-9-20(26-21)27-11-12-28-14-19(27)15-5-2-1-3-6-15/h1-10,19H,11-14H2,(H,24,25,26)/t19-/m1/s1. The van der Waals surface area contributed by atoms with E-state index in [-0.39, 0.29) is 18.4 Å². The minimum absolute atomic E-state index is 0.0821. The third-order valence-electron chi connectivity index (χ3n) is 4.73. The first kappa shape index (κ1) is 18.7. The Morgan fingerprint density at radius 3 is 2.82 bits per heavy atom. The maximum absolute atomic E-state index is 14.0. The maximum atomic E-state index is 14.0. The van der Waals surface area contributed by atoms with Gasteiger partial charge in [-0.15, -0.1) is 0 Å². The van der Waals surface area contributed by atoms with E-state index in [1.165, 1.54) is 11.6 Å². The lowest BCUT2D eigenvalue weighted by atomic mass is 10.1. The van der Waals surface area contributed by atoms with E-state index < -0.39 is 0 Å². The average Bonchev–Trinajstić information content (AvgIpc) is 2.74. The monoisotopic (exact) mass is 398 g/mol. The SMILES string of the molecule is Fc1cccc(Cl)c1CNc1nccc(N2CCOC[C@@H]2c2ccccc2)n1. The molecule has 3 aromatic rings. The zero-order chi connectivity index (χ0) is 19.3. The van der Waals surface area contributed by atoms with E-state index >= 15 is 0 Å². The third kappa shape index (κ3) is 4.08. The number of nitrogens with zero attached hydrogens (tertiary/aromatic N) is 3. The van der Waals surface area contributed by atoms with Crippen molar-refractivity contribution in [1.82, 2.24) is 9.97 Å². The van der Waals surface area contributed by atoms with Crippen molar-refractivity contribution in [2.45, 2.75) is 12.6 Å². The zero-order valence-corrected chi connectivity index (χ0v) is 15.9. The van der Waals surface area contributed by atoms with E-state index in [1.54, 1.807) is 18.3 Å². The second kappa shape index (κ2) is 8.54. The van der Waals surface area contributed by atoms with Crippen molar-refractivity contribution in [3.63, 3.8) is 0 Å². The molecular weight excluding hydrogens is 379 g/mol. The van der Waals surface area contributed by atoms with Crippen LogP contribution in [0.2, 0.25) is 5.02 Å². The molecule has 1 fully saturated rings. The number of morpholine rings is 1. The first-order chi connectivity index (χ1) is 13.7. The van der Waals surface area contributed by atoms with Gasteiger partial charge < -0.3 is 15.0 Å². The summed E-state index contributed by atoms with van der Waals surface area (Å²) in [4.78, 5) is 11.1. The van der Waals surface area contributed by atoms with Gasteiger partial charge in [-0.25, -0.2) is 9.37 Å². The fraction of sp³-hybridized carbons (Fsp3) is 0.238. The molecule has 1 aliphatic rings. The summed E-state index contributed by atoms with van der Waals surface area (Å²) in [6, 6.07) is 16.8. The minimum atomic E-state index is -0.353. The Hall–Kier alpha value is -2.70.